The van der Waals surface area contributed by atoms with Crippen LogP contribution in [0.25, 0.3) is 0 Å². The summed E-state index contributed by atoms with van der Waals surface area (Å²) in [6.45, 7) is 0.471. The molecule has 0 saturated heterocycles. The summed E-state index contributed by atoms with van der Waals surface area (Å²) in [4.78, 5) is 10.4. The Morgan fingerprint density at radius 1 is 1.44 bits per heavy atom. The molecule has 0 aromatic heterocycles. The molecule has 6 heteroatoms. The van der Waals surface area contributed by atoms with Gasteiger partial charge in [-0.25, -0.2) is 5.01 Å². The minimum absolute atomic E-state index is 0.0298. The van der Waals surface area contributed by atoms with Gasteiger partial charge in [-0.15, -0.1) is 4.91 Å². The minimum Gasteiger partial charge on any atom is -0.454 e. The van der Waals surface area contributed by atoms with Crippen LogP contribution in [-0.2, 0) is 6.54 Å². The molecule has 1 aliphatic heterocycles. The van der Waals surface area contributed by atoms with Crippen LogP contribution in [0, 0.1) is 16.2 Å². The van der Waals surface area contributed by atoms with E-state index in [1.165, 1.54) is 0 Å². The van der Waals surface area contributed by atoms with Gasteiger partial charge in [-0.05, 0) is 17.7 Å². The van der Waals surface area contributed by atoms with Gasteiger partial charge in [0.15, 0.2) is 11.5 Å². The molecule has 1 heterocycles. The topological polar surface area (TPSA) is 74.9 Å². The Morgan fingerprint density at radius 2 is 2.25 bits per heavy atom. The van der Waals surface area contributed by atoms with Gasteiger partial charge in [0.25, 0.3) is 0 Å². The van der Waals surface area contributed by atoms with E-state index in [4.69, 9.17) is 14.7 Å². The van der Waals surface area contributed by atoms with Crippen LogP contribution < -0.4 is 9.47 Å². The number of nitroso groups, excluding NO2 is 1. The lowest BCUT2D eigenvalue weighted by Crippen LogP contribution is -2.16. The summed E-state index contributed by atoms with van der Waals surface area (Å²) >= 11 is 0. The molecule has 0 unspecified atom stereocenters. The molecular weight excluding hydrogens is 210 g/mol. The highest BCUT2D eigenvalue weighted by Gasteiger charge is 2.14. The zero-order chi connectivity index (χ0) is 11.4. The average molecular weight is 219 g/mol. The molecule has 0 N–H and O–H groups in total. The normalized spacial score (nSPS) is 11.9. The minimum atomic E-state index is -0.0298. The van der Waals surface area contributed by atoms with E-state index in [2.05, 4.69) is 5.29 Å². The number of rotatable bonds is 4. The van der Waals surface area contributed by atoms with E-state index in [1.807, 2.05) is 12.1 Å². The quantitative estimate of drug-likeness (QED) is 0.435. The Labute approximate surface area is 91.9 Å². The maximum atomic E-state index is 10.4. The molecule has 0 aliphatic carbocycles. The summed E-state index contributed by atoms with van der Waals surface area (Å²) in [7, 11) is 0. The van der Waals surface area contributed by atoms with Gasteiger partial charge in [0, 0.05) is 0 Å². The largest absolute Gasteiger partial charge is 0.454 e. The van der Waals surface area contributed by atoms with Crippen molar-refractivity contribution in [2.75, 3.05) is 13.3 Å². The molecule has 2 rings (SSSR count). The Hall–Kier alpha value is -2.29. The summed E-state index contributed by atoms with van der Waals surface area (Å²) < 4.78 is 10.4. The molecule has 1 aliphatic rings. The van der Waals surface area contributed by atoms with Crippen LogP contribution in [0.5, 0.6) is 11.5 Å². The molecule has 0 atom stereocenters. The second-order valence-corrected chi connectivity index (χ2v) is 3.25. The molecule has 0 amide bonds. The molecule has 1 aromatic rings. The summed E-state index contributed by atoms with van der Waals surface area (Å²) in [6.07, 6.45) is 0. The number of fused-ring (bicyclic) bond motifs is 1. The van der Waals surface area contributed by atoms with E-state index in [9.17, 15) is 4.91 Å². The van der Waals surface area contributed by atoms with Crippen LogP contribution in [0.15, 0.2) is 23.5 Å². The van der Waals surface area contributed by atoms with Gasteiger partial charge >= 0.3 is 0 Å². The molecule has 6 nitrogen and oxygen atoms in total. The van der Waals surface area contributed by atoms with Crippen molar-refractivity contribution in [3.8, 4) is 17.6 Å². The highest BCUT2D eigenvalue weighted by atomic mass is 16.7. The van der Waals surface area contributed by atoms with E-state index < -0.39 is 0 Å². The number of ether oxygens (including phenoxy) is 2. The zero-order valence-corrected chi connectivity index (χ0v) is 8.42. The second kappa shape index (κ2) is 4.49. The predicted octanol–water partition coefficient (Wildman–Crippen LogP) is 1.42. The first kappa shape index (κ1) is 10.2. The molecule has 16 heavy (non-hydrogen) atoms. The summed E-state index contributed by atoms with van der Waals surface area (Å²) in [5.74, 6) is 1.34. The number of hydrogen-bond donors (Lipinski definition) is 0. The SMILES string of the molecule is N#CCN(Cc1ccc2c(c1)OCO2)N=O. The molecule has 1 aromatic carbocycles. The van der Waals surface area contributed by atoms with Crippen LogP contribution >= 0.6 is 0 Å². The molecule has 0 radical (unpaired) electrons. The van der Waals surface area contributed by atoms with Gasteiger partial charge in [0.1, 0.15) is 6.54 Å². The number of hydrogen-bond acceptors (Lipinski definition) is 5. The van der Waals surface area contributed by atoms with Crippen LogP contribution in [0.3, 0.4) is 0 Å². The third kappa shape index (κ3) is 2.03. The first-order chi connectivity index (χ1) is 7.83. The summed E-state index contributed by atoms with van der Waals surface area (Å²) in [5, 5.41) is 12.4. The Bertz CT molecular complexity index is 441. The Morgan fingerprint density at radius 3 is 3.00 bits per heavy atom. The van der Waals surface area contributed by atoms with Crippen molar-refractivity contribution in [3.63, 3.8) is 0 Å². The molecule has 82 valence electrons. The fraction of sp³-hybridized carbons (Fsp3) is 0.300. The summed E-state index contributed by atoms with van der Waals surface area (Å²) in [5.41, 5.74) is 0.846. The highest BCUT2D eigenvalue weighted by Crippen LogP contribution is 2.32. The summed E-state index contributed by atoms with van der Waals surface area (Å²) in [6, 6.07) is 7.22. The maximum absolute atomic E-state index is 10.4. The average Bonchev–Trinajstić information content (AvgIpc) is 2.75. The van der Waals surface area contributed by atoms with Gasteiger partial charge < -0.3 is 9.47 Å². The van der Waals surface area contributed by atoms with Crippen LogP contribution in [-0.4, -0.2) is 18.3 Å². The monoisotopic (exact) mass is 219 g/mol. The lowest BCUT2D eigenvalue weighted by atomic mass is 10.2. The number of nitrogens with zero attached hydrogens (tertiary/aromatic N) is 3. The molecule has 0 spiro atoms. The molecular formula is C10H9N3O3. The zero-order valence-electron chi connectivity index (χ0n) is 8.42. The third-order valence-corrected chi connectivity index (χ3v) is 2.17. The standard InChI is InChI=1S/C10H9N3O3/c11-3-4-13(12-14)6-8-1-2-9-10(5-8)16-7-15-9/h1-2,5H,4,6-7H2. The van der Waals surface area contributed by atoms with Crippen molar-refractivity contribution in [1.82, 2.24) is 5.01 Å². The van der Waals surface area contributed by atoms with E-state index in [-0.39, 0.29) is 19.9 Å². The van der Waals surface area contributed by atoms with Crippen molar-refractivity contribution in [2.45, 2.75) is 6.54 Å². The van der Waals surface area contributed by atoms with E-state index in [1.54, 1.807) is 12.1 Å². The molecule has 0 saturated carbocycles. The fourth-order valence-electron chi connectivity index (χ4n) is 1.45. The number of benzene rings is 1. The lowest BCUT2D eigenvalue weighted by Gasteiger charge is -2.11. The van der Waals surface area contributed by atoms with Crippen LogP contribution in [0.1, 0.15) is 5.56 Å². The van der Waals surface area contributed by atoms with Crippen LogP contribution in [0.2, 0.25) is 0 Å². The van der Waals surface area contributed by atoms with E-state index >= 15 is 0 Å². The first-order valence-electron chi connectivity index (χ1n) is 4.67. The second-order valence-electron chi connectivity index (χ2n) is 3.25. The van der Waals surface area contributed by atoms with Gasteiger partial charge in [-0.1, -0.05) is 6.07 Å². The lowest BCUT2D eigenvalue weighted by molar-refractivity contribution is 0.174. The molecule has 0 fully saturated rings. The predicted molar refractivity (Wildman–Crippen MR) is 54.4 cm³/mol. The van der Waals surface area contributed by atoms with Gasteiger partial charge in [0.2, 0.25) is 6.79 Å². The van der Waals surface area contributed by atoms with Crippen molar-refractivity contribution >= 4 is 0 Å². The third-order valence-electron chi connectivity index (χ3n) is 2.17. The van der Waals surface area contributed by atoms with Crippen molar-refractivity contribution in [2.24, 2.45) is 5.29 Å². The van der Waals surface area contributed by atoms with E-state index in [0.29, 0.717) is 11.5 Å². The van der Waals surface area contributed by atoms with Gasteiger partial charge in [-0.3, -0.25) is 0 Å². The maximum Gasteiger partial charge on any atom is 0.231 e. The Kier molecular flexibility index (Phi) is 2.87. The highest BCUT2D eigenvalue weighted by molar-refractivity contribution is 5.44. The van der Waals surface area contributed by atoms with Crippen molar-refractivity contribution < 1.29 is 9.47 Å². The Balaban J connectivity index is 2.10. The van der Waals surface area contributed by atoms with Crippen molar-refractivity contribution in [3.05, 3.63) is 28.7 Å². The van der Waals surface area contributed by atoms with Gasteiger partial charge in [0.05, 0.1) is 17.9 Å². The van der Waals surface area contributed by atoms with Gasteiger partial charge in [-0.2, -0.15) is 5.26 Å². The van der Waals surface area contributed by atoms with Crippen molar-refractivity contribution in [1.29, 1.82) is 5.26 Å². The van der Waals surface area contributed by atoms with Crippen LogP contribution in [0.4, 0.5) is 0 Å². The fourth-order valence-corrected chi connectivity index (χ4v) is 1.45. The smallest absolute Gasteiger partial charge is 0.231 e. The number of nitriles is 1. The van der Waals surface area contributed by atoms with E-state index in [0.717, 1.165) is 10.6 Å². The molecule has 0 bridgehead atoms. The first-order valence-corrected chi connectivity index (χ1v) is 4.67.